The van der Waals surface area contributed by atoms with E-state index in [1.165, 1.54) is 4.90 Å². The van der Waals surface area contributed by atoms with Crippen LogP contribution < -0.4 is 10.6 Å². The smallest absolute Gasteiger partial charge is 0.261 e. The molecule has 0 fully saturated rings. The number of nitrogens with one attached hydrogen (secondary N) is 2. The normalized spacial score (nSPS) is 12.5. The van der Waals surface area contributed by atoms with E-state index < -0.39 is 0 Å². The van der Waals surface area contributed by atoms with Gasteiger partial charge in [-0.15, -0.1) is 24.0 Å². The van der Waals surface area contributed by atoms with Crippen LogP contribution in [0.15, 0.2) is 29.3 Å². The number of hydrogen-bond acceptors (Lipinski definition) is 3. The molecule has 7 heteroatoms. The van der Waals surface area contributed by atoms with E-state index in [0.29, 0.717) is 23.6 Å². The lowest BCUT2D eigenvalue weighted by atomic mass is 10.1. The van der Waals surface area contributed by atoms with Crippen LogP contribution in [-0.4, -0.2) is 48.9 Å². The SMILES string of the molecule is CCNC(=NCCN1C(=O)c2ccccc2C1=O)NCC.I. The van der Waals surface area contributed by atoms with Crippen molar-refractivity contribution in [1.29, 1.82) is 0 Å². The third kappa shape index (κ3) is 3.96. The second kappa shape index (κ2) is 8.72. The number of fused-ring (bicyclic) bond motifs is 1. The van der Waals surface area contributed by atoms with Crippen molar-refractivity contribution in [3.63, 3.8) is 0 Å². The number of guanidine groups is 1. The number of carbonyl (C=O) groups excluding carboxylic acids is 2. The summed E-state index contributed by atoms with van der Waals surface area (Å²) in [7, 11) is 0. The molecule has 0 bridgehead atoms. The number of carbonyl (C=O) groups is 2. The highest BCUT2D eigenvalue weighted by atomic mass is 127. The lowest BCUT2D eigenvalue weighted by Crippen LogP contribution is -2.38. The summed E-state index contributed by atoms with van der Waals surface area (Å²) in [6.45, 7) is 6.15. The first-order chi connectivity index (χ1) is 10.2. The molecule has 1 aliphatic heterocycles. The molecule has 0 spiro atoms. The van der Waals surface area contributed by atoms with Gasteiger partial charge in [0, 0.05) is 19.6 Å². The number of amides is 2. The highest BCUT2D eigenvalue weighted by Gasteiger charge is 2.34. The van der Waals surface area contributed by atoms with E-state index in [0.717, 1.165) is 13.1 Å². The van der Waals surface area contributed by atoms with Gasteiger partial charge in [-0.25, -0.2) is 0 Å². The van der Waals surface area contributed by atoms with Gasteiger partial charge >= 0.3 is 0 Å². The fourth-order valence-electron chi connectivity index (χ4n) is 2.21. The number of hydrogen-bond donors (Lipinski definition) is 2. The molecule has 0 atom stereocenters. The molecular weight excluding hydrogens is 395 g/mol. The molecule has 2 rings (SSSR count). The predicted molar refractivity (Wildman–Crippen MR) is 96.9 cm³/mol. The van der Waals surface area contributed by atoms with Gasteiger partial charge in [-0.3, -0.25) is 19.5 Å². The van der Waals surface area contributed by atoms with Crippen molar-refractivity contribution in [3.05, 3.63) is 35.4 Å². The molecule has 1 heterocycles. The number of nitrogens with zero attached hydrogens (tertiary/aromatic N) is 2. The van der Waals surface area contributed by atoms with E-state index in [4.69, 9.17) is 0 Å². The lowest BCUT2D eigenvalue weighted by Gasteiger charge is -2.13. The Morgan fingerprint density at radius 2 is 1.55 bits per heavy atom. The van der Waals surface area contributed by atoms with E-state index in [1.54, 1.807) is 24.3 Å². The number of benzene rings is 1. The molecular formula is C15H21IN4O2. The molecule has 0 aromatic heterocycles. The van der Waals surface area contributed by atoms with Gasteiger partial charge in [0.25, 0.3) is 11.8 Å². The van der Waals surface area contributed by atoms with Crippen LogP contribution in [0.2, 0.25) is 0 Å². The molecule has 6 nitrogen and oxygen atoms in total. The fourth-order valence-corrected chi connectivity index (χ4v) is 2.21. The summed E-state index contributed by atoms with van der Waals surface area (Å²) < 4.78 is 0. The largest absolute Gasteiger partial charge is 0.357 e. The first-order valence-corrected chi connectivity index (χ1v) is 7.16. The van der Waals surface area contributed by atoms with Crippen molar-refractivity contribution in [2.45, 2.75) is 13.8 Å². The van der Waals surface area contributed by atoms with Crippen LogP contribution in [0.3, 0.4) is 0 Å². The standard InChI is InChI=1S/C15H20N4O2.HI/c1-3-16-15(17-4-2)18-9-10-19-13(20)11-7-5-6-8-12(11)14(19)21;/h5-8H,3-4,9-10H2,1-2H3,(H2,16,17,18);1H. The van der Waals surface area contributed by atoms with E-state index in [2.05, 4.69) is 15.6 Å². The first-order valence-electron chi connectivity index (χ1n) is 7.16. The van der Waals surface area contributed by atoms with Crippen molar-refractivity contribution in [2.24, 2.45) is 4.99 Å². The van der Waals surface area contributed by atoms with Crippen LogP contribution in [0, 0.1) is 0 Å². The van der Waals surface area contributed by atoms with Crippen molar-refractivity contribution in [3.8, 4) is 0 Å². The topological polar surface area (TPSA) is 73.8 Å². The lowest BCUT2D eigenvalue weighted by molar-refractivity contribution is 0.0659. The summed E-state index contributed by atoms with van der Waals surface area (Å²) in [6, 6.07) is 6.89. The van der Waals surface area contributed by atoms with Gasteiger partial charge in [0.2, 0.25) is 0 Å². The Bertz CT molecular complexity index is 531. The Balaban J connectivity index is 0.00000242. The Labute approximate surface area is 147 Å². The van der Waals surface area contributed by atoms with Gasteiger partial charge < -0.3 is 10.6 Å². The second-order valence-corrected chi connectivity index (χ2v) is 4.60. The van der Waals surface area contributed by atoms with Gasteiger partial charge in [0.1, 0.15) is 0 Å². The molecule has 0 saturated heterocycles. The maximum Gasteiger partial charge on any atom is 0.261 e. The quantitative estimate of drug-likeness (QED) is 0.330. The van der Waals surface area contributed by atoms with Crippen LogP contribution >= 0.6 is 24.0 Å². The van der Waals surface area contributed by atoms with Crippen LogP contribution in [-0.2, 0) is 0 Å². The third-order valence-electron chi connectivity index (χ3n) is 3.16. The van der Waals surface area contributed by atoms with Crippen LogP contribution in [0.25, 0.3) is 0 Å². The van der Waals surface area contributed by atoms with Crippen molar-refractivity contribution >= 4 is 41.8 Å². The summed E-state index contributed by atoms with van der Waals surface area (Å²) >= 11 is 0. The molecule has 0 aliphatic carbocycles. The molecule has 22 heavy (non-hydrogen) atoms. The zero-order chi connectivity index (χ0) is 15.2. The van der Waals surface area contributed by atoms with Crippen LogP contribution in [0.5, 0.6) is 0 Å². The zero-order valence-corrected chi connectivity index (χ0v) is 15.1. The first kappa shape index (κ1) is 18.4. The maximum atomic E-state index is 12.2. The molecule has 2 N–H and O–H groups in total. The average molecular weight is 416 g/mol. The summed E-state index contributed by atoms with van der Waals surface area (Å²) in [4.78, 5) is 29.9. The van der Waals surface area contributed by atoms with Crippen LogP contribution in [0.1, 0.15) is 34.6 Å². The van der Waals surface area contributed by atoms with E-state index in [-0.39, 0.29) is 42.3 Å². The number of rotatable bonds is 5. The molecule has 120 valence electrons. The fraction of sp³-hybridized carbons (Fsp3) is 0.400. The Kier molecular flexibility index (Phi) is 7.30. The molecule has 0 saturated carbocycles. The molecule has 0 radical (unpaired) electrons. The molecule has 2 amide bonds. The van der Waals surface area contributed by atoms with Crippen molar-refractivity contribution in [2.75, 3.05) is 26.2 Å². The van der Waals surface area contributed by atoms with Gasteiger partial charge in [-0.1, -0.05) is 12.1 Å². The predicted octanol–water partition coefficient (Wildman–Crippen LogP) is 1.48. The molecule has 0 unspecified atom stereocenters. The molecule has 1 aromatic rings. The van der Waals surface area contributed by atoms with Gasteiger partial charge in [0.05, 0.1) is 17.7 Å². The van der Waals surface area contributed by atoms with Gasteiger partial charge in [0.15, 0.2) is 5.96 Å². The zero-order valence-electron chi connectivity index (χ0n) is 12.8. The number of imide groups is 1. The average Bonchev–Trinajstić information content (AvgIpc) is 2.73. The summed E-state index contributed by atoms with van der Waals surface area (Å²) in [5, 5.41) is 6.20. The summed E-state index contributed by atoms with van der Waals surface area (Å²) in [6.07, 6.45) is 0. The summed E-state index contributed by atoms with van der Waals surface area (Å²) in [5.41, 5.74) is 0.954. The van der Waals surface area contributed by atoms with Crippen molar-refractivity contribution in [1.82, 2.24) is 15.5 Å². The van der Waals surface area contributed by atoms with E-state index >= 15 is 0 Å². The summed E-state index contributed by atoms with van der Waals surface area (Å²) in [5.74, 6) is 0.218. The molecule has 1 aromatic carbocycles. The second-order valence-electron chi connectivity index (χ2n) is 4.60. The minimum atomic E-state index is -0.237. The maximum absolute atomic E-state index is 12.2. The Hall–Kier alpha value is -1.64. The Morgan fingerprint density at radius 1 is 1.05 bits per heavy atom. The number of halogens is 1. The van der Waals surface area contributed by atoms with Gasteiger partial charge in [-0.2, -0.15) is 0 Å². The Morgan fingerprint density at radius 3 is 2.00 bits per heavy atom. The minimum absolute atomic E-state index is 0. The monoisotopic (exact) mass is 416 g/mol. The van der Waals surface area contributed by atoms with Crippen molar-refractivity contribution < 1.29 is 9.59 Å². The van der Waals surface area contributed by atoms with Gasteiger partial charge in [-0.05, 0) is 26.0 Å². The minimum Gasteiger partial charge on any atom is -0.357 e. The highest BCUT2D eigenvalue weighted by molar-refractivity contribution is 14.0. The van der Waals surface area contributed by atoms with Crippen LogP contribution in [0.4, 0.5) is 0 Å². The van der Waals surface area contributed by atoms with E-state index in [1.807, 2.05) is 13.8 Å². The molecule has 1 aliphatic rings. The number of aliphatic imine (C=N–C) groups is 1. The van der Waals surface area contributed by atoms with E-state index in [9.17, 15) is 9.59 Å². The third-order valence-corrected chi connectivity index (χ3v) is 3.16. The highest BCUT2D eigenvalue weighted by Crippen LogP contribution is 2.21.